The molecule has 3 heterocycles. The number of benzene rings is 1. The Kier molecular flexibility index (Phi) is 3.30. The topological polar surface area (TPSA) is 19.4 Å². The Labute approximate surface area is 126 Å². The molecule has 0 unspecified atom stereocenters. The summed E-state index contributed by atoms with van der Waals surface area (Å²) in [5.41, 5.74) is 5.36. The van der Waals surface area contributed by atoms with Crippen LogP contribution in [0.5, 0.6) is 0 Å². The second kappa shape index (κ2) is 5.30. The van der Waals surface area contributed by atoms with E-state index in [9.17, 15) is 0 Å². The van der Waals surface area contributed by atoms with Crippen molar-refractivity contribution in [2.75, 3.05) is 31.6 Å². The van der Waals surface area contributed by atoms with Crippen LogP contribution in [0.15, 0.2) is 24.4 Å². The first-order valence-electron chi connectivity index (χ1n) is 8.15. The van der Waals surface area contributed by atoms with E-state index in [1.807, 2.05) is 0 Å². The number of hydrogen-bond acceptors (Lipinski definition) is 3. The average Bonchev–Trinajstić information content (AvgIpc) is 3.00. The highest BCUT2D eigenvalue weighted by Crippen LogP contribution is 2.33. The van der Waals surface area contributed by atoms with Gasteiger partial charge in [-0.3, -0.25) is 9.88 Å². The minimum absolute atomic E-state index is 1.07. The summed E-state index contributed by atoms with van der Waals surface area (Å²) in [7, 11) is 2.20. The first-order chi connectivity index (χ1) is 10.3. The van der Waals surface area contributed by atoms with Crippen molar-refractivity contribution >= 4 is 16.6 Å². The minimum Gasteiger partial charge on any atom is -0.374 e. The molecule has 0 amide bonds. The lowest BCUT2D eigenvalue weighted by molar-refractivity contribution is 0.331. The normalized spacial score (nSPS) is 19.2. The maximum absolute atomic E-state index is 4.72. The summed E-state index contributed by atoms with van der Waals surface area (Å²) in [6.45, 7) is 4.73. The van der Waals surface area contributed by atoms with E-state index in [4.69, 9.17) is 4.98 Å². The molecule has 1 aromatic heterocycles. The predicted octanol–water partition coefficient (Wildman–Crippen LogP) is 3.21. The second-order valence-electron chi connectivity index (χ2n) is 6.49. The largest absolute Gasteiger partial charge is 0.374 e. The van der Waals surface area contributed by atoms with E-state index in [1.165, 1.54) is 54.6 Å². The minimum atomic E-state index is 1.07. The summed E-state index contributed by atoms with van der Waals surface area (Å²) in [6, 6.07) is 6.87. The fraction of sp³-hybridized carbons (Fsp3) is 0.500. The first kappa shape index (κ1) is 13.1. The van der Waals surface area contributed by atoms with Crippen LogP contribution in [0, 0.1) is 0 Å². The van der Waals surface area contributed by atoms with Crippen molar-refractivity contribution in [3.05, 3.63) is 35.5 Å². The Morgan fingerprint density at radius 2 is 1.95 bits per heavy atom. The fourth-order valence-electron chi connectivity index (χ4n) is 3.82. The van der Waals surface area contributed by atoms with E-state index >= 15 is 0 Å². The number of rotatable bonds is 2. The van der Waals surface area contributed by atoms with Gasteiger partial charge in [-0.05, 0) is 56.0 Å². The molecule has 0 radical (unpaired) electrons. The second-order valence-corrected chi connectivity index (χ2v) is 6.49. The lowest BCUT2D eigenvalue weighted by Crippen LogP contribution is -2.25. The number of pyridine rings is 1. The van der Waals surface area contributed by atoms with Crippen LogP contribution in [0.3, 0.4) is 0 Å². The molecule has 1 saturated heterocycles. The van der Waals surface area contributed by atoms with E-state index in [0.717, 1.165) is 25.0 Å². The van der Waals surface area contributed by atoms with Gasteiger partial charge in [-0.2, -0.15) is 0 Å². The highest BCUT2D eigenvalue weighted by molar-refractivity contribution is 5.93. The fourth-order valence-corrected chi connectivity index (χ4v) is 3.82. The van der Waals surface area contributed by atoms with Crippen molar-refractivity contribution in [2.45, 2.75) is 32.2 Å². The van der Waals surface area contributed by atoms with Gasteiger partial charge in [0.15, 0.2) is 0 Å². The predicted molar refractivity (Wildman–Crippen MR) is 87.8 cm³/mol. The summed E-state index contributed by atoms with van der Waals surface area (Å²) in [6.07, 6.45) is 7.20. The SMILES string of the molecule is CN1CCCc2cnc3cc(CN4CCCC4)ccc3c21. The quantitative estimate of drug-likeness (QED) is 0.842. The molecule has 2 aliphatic heterocycles. The Morgan fingerprint density at radius 3 is 2.81 bits per heavy atom. The average molecular weight is 281 g/mol. The van der Waals surface area contributed by atoms with Crippen LogP contribution in [0.2, 0.25) is 0 Å². The van der Waals surface area contributed by atoms with Gasteiger partial charge in [0.1, 0.15) is 0 Å². The molecule has 2 aliphatic rings. The Balaban J connectivity index is 1.71. The van der Waals surface area contributed by atoms with Crippen molar-refractivity contribution in [3.8, 4) is 0 Å². The monoisotopic (exact) mass is 281 g/mol. The van der Waals surface area contributed by atoms with E-state index < -0.39 is 0 Å². The summed E-state index contributed by atoms with van der Waals surface area (Å²) in [5, 5.41) is 1.32. The van der Waals surface area contributed by atoms with Gasteiger partial charge >= 0.3 is 0 Å². The summed E-state index contributed by atoms with van der Waals surface area (Å²) in [4.78, 5) is 9.66. The molecule has 3 nitrogen and oxygen atoms in total. The van der Waals surface area contributed by atoms with Gasteiger partial charge in [-0.25, -0.2) is 0 Å². The molecule has 0 N–H and O–H groups in total. The first-order valence-corrected chi connectivity index (χ1v) is 8.15. The molecular formula is C18H23N3. The highest BCUT2D eigenvalue weighted by Gasteiger charge is 2.18. The van der Waals surface area contributed by atoms with Gasteiger partial charge in [-0.15, -0.1) is 0 Å². The molecule has 1 fully saturated rings. The van der Waals surface area contributed by atoms with Crippen LogP contribution < -0.4 is 4.90 Å². The summed E-state index contributed by atoms with van der Waals surface area (Å²) >= 11 is 0. The van der Waals surface area contributed by atoms with Crippen molar-refractivity contribution in [1.82, 2.24) is 9.88 Å². The smallest absolute Gasteiger partial charge is 0.0726 e. The molecule has 0 spiro atoms. The number of aromatic nitrogens is 1. The highest BCUT2D eigenvalue weighted by atomic mass is 15.1. The van der Waals surface area contributed by atoms with Crippen LogP contribution in [-0.2, 0) is 13.0 Å². The molecule has 3 heteroatoms. The number of nitrogens with zero attached hydrogens (tertiary/aromatic N) is 3. The third-order valence-corrected chi connectivity index (χ3v) is 4.91. The summed E-state index contributed by atoms with van der Waals surface area (Å²) < 4.78 is 0. The number of hydrogen-bond donors (Lipinski definition) is 0. The number of fused-ring (bicyclic) bond motifs is 3. The maximum Gasteiger partial charge on any atom is 0.0726 e. The third-order valence-electron chi connectivity index (χ3n) is 4.91. The lowest BCUT2D eigenvalue weighted by atomic mass is 9.99. The Morgan fingerprint density at radius 1 is 1.10 bits per heavy atom. The lowest BCUT2D eigenvalue weighted by Gasteiger charge is -2.28. The van der Waals surface area contributed by atoms with Crippen LogP contribution in [-0.4, -0.2) is 36.6 Å². The van der Waals surface area contributed by atoms with Crippen molar-refractivity contribution in [2.24, 2.45) is 0 Å². The van der Waals surface area contributed by atoms with Crippen molar-refractivity contribution in [1.29, 1.82) is 0 Å². The molecule has 110 valence electrons. The molecular weight excluding hydrogens is 258 g/mol. The molecule has 0 bridgehead atoms. The van der Waals surface area contributed by atoms with E-state index in [2.05, 4.69) is 41.2 Å². The van der Waals surface area contributed by atoms with Crippen LogP contribution >= 0.6 is 0 Å². The van der Waals surface area contributed by atoms with E-state index in [-0.39, 0.29) is 0 Å². The van der Waals surface area contributed by atoms with Gasteiger partial charge in [0.25, 0.3) is 0 Å². The zero-order valence-corrected chi connectivity index (χ0v) is 12.8. The van der Waals surface area contributed by atoms with Gasteiger partial charge in [0, 0.05) is 31.7 Å². The Hall–Kier alpha value is -1.61. The van der Waals surface area contributed by atoms with Gasteiger partial charge in [0.05, 0.1) is 11.2 Å². The van der Waals surface area contributed by atoms with Gasteiger partial charge < -0.3 is 4.90 Å². The molecule has 21 heavy (non-hydrogen) atoms. The van der Waals surface area contributed by atoms with Crippen LogP contribution in [0.1, 0.15) is 30.4 Å². The standard InChI is InChI=1S/C18H23N3/c1-20-8-4-5-15-12-19-17-11-14(6-7-16(17)18(15)20)13-21-9-2-3-10-21/h6-7,11-12H,2-5,8-10,13H2,1H3. The maximum atomic E-state index is 4.72. The van der Waals surface area contributed by atoms with Crippen LogP contribution in [0.4, 0.5) is 5.69 Å². The van der Waals surface area contributed by atoms with Gasteiger partial charge in [0.2, 0.25) is 0 Å². The van der Waals surface area contributed by atoms with Crippen LogP contribution in [0.25, 0.3) is 10.9 Å². The number of likely N-dealkylation sites (tertiary alicyclic amines) is 1. The number of aryl methyl sites for hydroxylation is 1. The zero-order valence-electron chi connectivity index (χ0n) is 12.8. The van der Waals surface area contributed by atoms with Gasteiger partial charge in [-0.1, -0.05) is 12.1 Å². The van der Waals surface area contributed by atoms with Crippen molar-refractivity contribution < 1.29 is 0 Å². The molecule has 0 atom stereocenters. The van der Waals surface area contributed by atoms with E-state index in [0.29, 0.717) is 0 Å². The molecule has 4 rings (SSSR count). The molecule has 0 aliphatic carbocycles. The molecule has 1 aromatic carbocycles. The van der Waals surface area contributed by atoms with E-state index in [1.54, 1.807) is 0 Å². The summed E-state index contributed by atoms with van der Waals surface area (Å²) in [5.74, 6) is 0. The zero-order chi connectivity index (χ0) is 14.2. The number of anilines is 1. The molecule has 0 saturated carbocycles. The third kappa shape index (κ3) is 2.40. The molecule has 2 aromatic rings. The Bertz CT molecular complexity index is 659. The van der Waals surface area contributed by atoms with Crippen molar-refractivity contribution in [3.63, 3.8) is 0 Å².